The Labute approximate surface area is 113 Å². The molecule has 0 saturated carbocycles. The Balaban J connectivity index is 1.94. The van der Waals surface area contributed by atoms with Crippen molar-refractivity contribution < 1.29 is 9.84 Å². The van der Waals surface area contributed by atoms with Gasteiger partial charge in [-0.15, -0.1) is 0 Å². The Bertz CT molecular complexity index is 617. The van der Waals surface area contributed by atoms with E-state index in [9.17, 15) is 5.11 Å². The molecular formula is C17H18O2. The number of phenolic OH excluding ortho intramolecular Hbond substituents is 1. The second-order valence-corrected chi connectivity index (χ2v) is 5.25. The first kappa shape index (κ1) is 12.1. The van der Waals surface area contributed by atoms with Crippen LogP contribution < -0.4 is 4.74 Å². The van der Waals surface area contributed by atoms with Gasteiger partial charge in [-0.3, -0.25) is 0 Å². The smallest absolute Gasteiger partial charge is 0.124 e. The molecule has 0 saturated heterocycles. The quantitative estimate of drug-likeness (QED) is 0.831. The molecule has 0 aliphatic carbocycles. The molecule has 2 heteroatoms. The molecule has 0 unspecified atom stereocenters. The fraction of sp³-hybridized carbons (Fsp3) is 0.294. The third-order valence-electron chi connectivity index (χ3n) is 3.86. The van der Waals surface area contributed by atoms with Crippen LogP contribution in [-0.2, 0) is 6.42 Å². The number of fused-ring (bicyclic) bond motifs is 1. The molecule has 1 atom stereocenters. The lowest BCUT2D eigenvalue weighted by molar-refractivity contribution is 0.175. The standard InChI is InChI=1S/C17H18O2/c1-11-5-3-4-6-14(11)16-8-7-13-10-15(18)12(2)9-17(13)19-16/h3-6,9-10,16,18H,7-8H2,1-2H3/t16-/m0/s1. The Hall–Kier alpha value is -1.96. The molecule has 19 heavy (non-hydrogen) atoms. The van der Waals surface area contributed by atoms with Crippen LogP contribution in [0, 0.1) is 13.8 Å². The Kier molecular flexibility index (Phi) is 2.94. The van der Waals surface area contributed by atoms with Gasteiger partial charge >= 0.3 is 0 Å². The third-order valence-corrected chi connectivity index (χ3v) is 3.86. The van der Waals surface area contributed by atoms with Crippen LogP contribution in [0.15, 0.2) is 36.4 Å². The molecule has 0 bridgehead atoms. The lowest BCUT2D eigenvalue weighted by Crippen LogP contribution is -2.16. The second kappa shape index (κ2) is 4.61. The summed E-state index contributed by atoms with van der Waals surface area (Å²) in [5.74, 6) is 1.27. The van der Waals surface area contributed by atoms with Gasteiger partial charge in [0.25, 0.3) is 0 Å². The van der Waals surface area contributed by atoms with Gasteiger partial charge in [0.05, 0.1) is 0 Å². The lowest BCUT2D eigenvalue weighted by atomic mass is 9.94. The van der Waals surface area contributed by atoms with Crippen molar-refractivity contribution in [3.63, 3.8) is 0 Å². The summed E-state index contributed by atoms with van der Waals surface area (Å²) in [4.78, 5) is 0. The summed E-state index contributed by atoms with van der Waals surface area (Å²) in [5.41, 5.74) is 4.50. The highest BCUT2D eigenvalue weighted by Gasteiger charge is 2.23. The number of aryl methyl sites for hydroxylation is 3. The van der Waals surface area contributed by atoms with Crippen molar-refractivity contribution in [2.75, 3.05) is 0 Å². The van der Waals surface area contributed by atoms with E-state index in [-0.39, 0.29) is 6.10 Å². The van der Waals surface area contributed by atoms with E-state index < -0.39 is 0 Å². The van der Waals surface area contributed by atoms with Crippen LogP contribution in [0.25, 0.3) is 0 Å². The van der Waals surface area contributed by atoms with Gasteiger partial charge in [0.15, 0.2) is 0 Å². The van der Waals surface area contributed by atoms with E-state index in [4.69, 9.17) is 4.74 Å². The van der Waals surface area contributed by atoms with Crippen LogP contribution in [-0.4, -0.2) is 5.11 Å². The first-order chi connectivity index (χ1) is 9.15. The van der Waals surface area contributed by atoms with E-state index in [1.54, 1.807) is 0 Å². The van der Waals surface area contributed by atoms with Gasteiger partial charge in [-0.2, -0.15) is 0 Å². The van der Waals surface area contributed by atoms with Gasteiger partial charge in [0.1, 0.15) is 17.6 Å². The van der Waals surface area contributed by atoms with Crippen molar-refractivity contribution in [2.24, 2.45) is 0 Å². The number of rotatable bonds is 1. The minimum Gasteiger partial charge on any atom is -0.508 e. The normalized spacial score (nSPS) is 17.7. The van der Waals surface area contributed by atoms with Gasteiger partial charge in [-0.25, -0.2) is 0 Å². The van der Waals surface area contributed by atoms with Gasteiger partial charge in [-0.05, 0) is 61.1 Å². The molecule has 2 aromatic carbocycles. The van der Waals surface area contributed by atoms with E-state index in [1.807, 2.05) is 19.1 Å². The van der Waals surface area contributed by atoms with Crippen molar-refractivity contribution in [3.8, 4) is 11.5 Å². The minimum atomic E-state index is 0.123. The summed E-state index contributed by atoms with van der Waals surface area (Å²) in [6.45, 7) is 4.02. The molecule has 1 heterocycles. The molecule has 0 fully saturated rings. The van der Waals surface area contributed by atoms with E-state index in [0.29, 0.717) is 5.75 Å². The molecule has 3 rings (SSSR count). The van der Waals surface area contributed by atoms with Crippen LogP contribution in [0.2, 0.25) is 0 Å². The van der Waals surface area contributed by atoms with Gasteiger partial charge < -0.3 is 9.84 Å². The van der Waals surface area contributed by atoms with Crippen molar-refractivity contribution in [1.82, 2.24) is 0 Å². The van der Waals surface area contributed by atoms with Crippen molar-refractivity contribution in [1.29, 1.82) is 0 Å². The van der Waals surface area contributed by atoms with Crippen LogP contribution in [0.1, 0.15) is 34.8 Å². The van der Waals surface area contributed by atoms with E-state index in [0.717, 1.165) is 29.7 Å². The van der Waals surface area contributed by atoms with Gasteiger partial charge in [0, 0.05) is 0 Å². The van der Waals surface area contributed by atoms with Crippen molar-refractivity contribution >= 4 is 0 Å². The zero-order valence-electron chi connectivity index (χ0n) is 11.3. The summed E-state index contributed by atoms with van der Waals surface area (Å²) < 4.78 is 6.12. The highest BCUT2D eigenvalue weighted by atomic mass is 16.5. The number of hydrogen-bond donors (Lipinski definition) is 1. The highest BCUT2D eigenvalue weighted by molar-refractivity contribution is 5.47. The zero-order chi connectivity index (χ0) is 13.4. The van der Waals surface area contributed by atoms with Gasteiger partial charge in [0.2, 0.25) is 0 Å². The molecule has 1 N–H and O–H groups in total. The molecule has 2 aromatic rings. The summed E-state index contributed by atoms with van der Waals surface area (Å²) in [6, 6.07) is 12.1. The van der Waals surface area contributed by atoms with Crippen LogP contribution in [0.4, 0.5) is 0 Å². The number of benzene rings is 2. The fourth-order valence-corrected chi connectivity index (χ4v) is 2.68. The highest BCUT2D eigenvalue weighted by Crippen LogP contribution is 2.38. The third kappa shape index (κ3) is 2.19. The molecule has 0 radical (unpaired) electrons. The maximum Gasteiger partial charge on any atom is 0.124 e. The molecular weight excluding hydrogens is 236 g/mol. The predicted molar refractivity (Wildman–Crippen MR) is 75.7 cm³/mol. The molecule has 1 aliphatic heterocycles. The van der Waals surface area contributed by atoms with Crippen molar-refractivity contribution in [2.45, 2.75) is 32.8 Å². The number of aromatic hydroxyl groups is 1. The Morgan fingerprint density at radius 2 is 1.89 bits per heavy atom. The average molecular weight is 254 g/mol. The Morgan fingerprint density at radius 1 is 1.11 bits per heavy atom. The van der Waals surface area contributed by atoms with Crippen LogP contribution in [0.5, 0.6) is 11.5 Å². The monoisotopic (exact) mass is 254 g/mol. The van der Waals surface area contributed by atoms with Crippen LogP contribution in [0.3, 0.4) is 0 Å². The zero-order valence-corrected chi connectivity index (χ0v) is 11.3. The summed E-state index contributed by atoms with van der Waals surface area (Å²) in [5, 5.41) is 9.75. The number of ether oxygens (including phenoxy) is 1. The molecule has 1 aliphatic rings. The predicted octanol–water partition coefficient (Wildman–Crippen LogP) is 4.08. The topological polar surface area (TPSA) is 29.5 Å². The molecule has 2 nitrogen and oxygen atoms in total. The van der Waals surface area contributed by atoms with E-state index in [2.05, 4.69) is 31.2 Å². The Morgan fingerprint density at radius 3 is 2.68 bits per heavy atom. The summed E-state index contributed by atoms with van der Waals surface area (Å²) in [6.07, 6.45) is 2.03. The van der Waals surface area contributed by atoms with Crippen LogP contribution >= 0.6 is 0 Å². The average Bonchev–Trinajstić information content (AvgIpc) is 2.40. The fourth-order valence-electron chi connectivity index (χ4n) is 2.68. The van der Waals surface area contributed by atoms with Gasteiger partial charge in [-0.1, -0.05) is 24.3 Å². The molecule has 0 aromatic heterocycles. The SMILES string of the molecule is Cc1cc2c(cc1O)CC[C@@H](c1ccccc1C)O2. The first-order valence-electron chi connectivity index (χ1n) is 6.70. The van der Waals surface area contributed by atoms with E-state index >= 15 is 0 Å². The molecule has 0 amide bonds. The number of hydrogen-bond acceptors (Lipinski definition) is 2. The second-order valence-electron chi connectivity index (χ2n) is 5.25. The maximum absolute atomic E-state index is 9.75. The largest absolute Gasteiger partial charge is 0.508 e. The maximum atomic E-state index is 9.75. The summed E-state index contributed by atoms with van der Waals surface area (Å²) >= 11 is 0. The minimum absolute atomic E-state index is 0.123. The number of phenols is 1. The molecule has 98 valence electrons. The lowest BCUT2D eigenvalue weighted by Gasteiger charge is -2.28. The van der Waals surface area contributed by atoms with Crippen molar-refractivity contribution in [3.05, 3.63) is 58.7 Å². The first-order valence-corrected chi connectivity index (χ1v) is 6.70. The van der Waals surface area contributed by atoms with E-state index in [1.165, 1.54) is 11.1 Å². The molecule has 0 spiro atoms. The summed E-state index contributed by atoms with van der Waals surface area (Å²) in [7, 11) is 0.